The standard InChI is InChI=1S/C10H12ClF3N2/c11-8-3-1-7(2-4-8)9(16-15)5-6-10(12,13)14/h1-4,9,16H,5-6,15H2. The van der Waals surface area contributed by atoms with Crippen LogP contribution in [0.5, 0.6) is 0 Å². The second kappa shape index (κ2) is 5.52. The van der Waals surface area contributed by atoms with Gasteiger partial charge in [0.1, 0.15) is 0 Å². The monoisotopic (exact) mass is 252 g/mol. The first-order valence-electron chi connectivity index (χ1n) is 4.71. The van der Waals surface area contributed by atoms with E-state index in [9.17, 15) is 13.2 Å². The highest BCUT2D eigenvalue weighted by atomic mass is 35.5. The molecule has 0 saturated heterocycles. The topological polar surface area (TPSA) is 38.0 Å². The Morgan fingerprint density at radius 3 is 2.25 bits per heavy atom. The summed E-state index contributed by atoms with van der Waals surface area (Å²) in [7, 11) is 0. The maximum absolute atomic E-state index is 12.0. The van der Waals surface area contributed by atoms with Gasteiger partial charge in [0.15, 0.2) is 0 Å². The summed E-state index contributed by atoms with van der Waals surface area (Å²) in [5.41, 5.74) is 3.06. The molecule has 1 aromatic rings. The lowest BCUT2D eigenvalue weighted by molar-refractivity contribution is -0.136. The van der Waals surface area contributed by atoms with E-state index >= 15 is 0 Å². The zero-order valence-corrected chi connectivity index (χ0v) is 9.15. The normalized spacial score (nSPS) is 13.8. The highest BCUT2D eigenvalue weighted by Gasteiger charge is 2.28. The molecule has 0 heterocycles. The van der Waals surface area contributed by atoms with Crippen molar-refractivity contribution in [2.24, 2.45) is 5.84 Å². The fraction of sp³-hybridized carbons (Fsp3) is 0.400. The van der Waals surface area contributed by atoms with E-state index in [1.165, 1.54) is 0 Å². The minimum Gasteiger partial charge on any atom is -0.271 e. The van der Waals surface area contributed by atoms with Crippen LogP contribution in [0.4, 0.5) is 13.2 Å². The van der Waals surface area contributed by atoms with Gasteiger partial charge in [-0.3, -0.25) is 11.3 Å². The number of nitrogens with one attached hydrogen (secondary N) is 1. The third-order valence-corrected chi connectivity index (χ3v) is 2.44. The van der Waals surface area contributed by atoms with Gasteiger partial charge in [-0.25, -0.2) is 0 Å². The molecule has 1 atom stereocenters. The first-order chi connectivity index (χ1) is 7.42. The van der Waals surface area contributed by atoms with Crippen LogP contribution in [0.3, 0.4) is 0 Å². The predicted molar refractivity (Wildman–Crippen MR) is 56.8 cm³/mol. The van der Waals surface area contributed by atoms with E-state index < -0.39 is 18.6 Å². The van der Waals surface area contributed by atoms with Crippen molar-refractivity contribution in [1.82, 2.24) is 5.43 Å². The van der Waals surface area contributed by atoms with Crippen LogP contribution >= 0.6 is 11.6 Å². The lowest BCUT2D eigenvalue weighted by Gasteiger charge is -2.17. The number of hydrogen-bond donors (Lipinski definition) is 2. The van der Waals surface area contributed by atoms with Crippen LogP contribution in [0, 0.1) is 0 Å². The van der Waals surface area contributed by atoms with Crippen molar-refractivity contribution in [2.75, 3.05) is 0 Å². The Bertz CT molecular complexity index is 324. The average Bonchev–Trinajstić information content (AvgIpc) is 2.20. The van der Waals surface area contributed by atoms with Gasteiger partial charge in [0.25, 0.3) is 0 Å². The molecule has 90 valence electrons. The molecule has 0 aliphatic carbocycles. The van der Waals surface area contributed by atoms with Crippen LogP contribution in [0.1, 0.15) is 24.4 Å². The van der Waals surface area contributed by atoms with Gasteiger partial charge >= 0.3 is 6.18 Å². The molecular weight excluding hydrogens is 241 g/mol. The number of hydrazine groups is 1. The number of rotatable bonds is 4. The van der Waals surface area contributed by atoms with E-state index in [1.54, 1.807) is 24.3 Å². The van der Waals surface area contributed by atoms with Crippen molar-refractivity contribution in [3.05, 3.63) is 34.9 Å². The van der Waals surface area contributed by atoms with Gasteiger partial charge < -0.3 is 0 Å². The van der Waals surface area contributed by atoms with Crippen LogP contribution in [0.15, 0.2) is 24.3 Å². The van der Waals surface area contributed by atoms with Crippen molar-refractivity contribution in [3.63, 3.8) is 0 Å². The fourth-order valence-corrected chi connectivity index (χ4v) is 1.48. The molecular formula is C10H12ClF3N2. The largest absolute Gasteiger partial charge is 0.389 e. The maximum atomic E-state index is 12.0. The Kier molecular flexibility index (Phi) is 4.58. The molecule has 0 bridgehead atoms. The van der Waals surface area contributed by atoms with Gasteiger partial charge in [-0.15, -0.1) is 0 Å². The SMILES string of the molecule is NNC(CCC(F)(F)F)c1ccc(Cl)cc1. The summed E-state index contributed by atoms with van der Waals surface area (Å²) in [4.78, 5) is 0. The third-order valence-electron chi connectivity index (χ3n) is 2.19. The molecule has 0 aliphatic rings. The van der Waals surface area contributed by atoms with E-state index in [4.69, 9.17) is 17.4 Å². The number of halogens is 4. The van der Waals surface area contributed by atoms with E-state index in [2.05, 4.69) is 5.43 Å². The smallest absolute Gasteiger partial charge is 0.271 e. The number of benzene rings is 1. The summed E-state index contributed by atoms with van der Waals surface area (Å²) in [6, 6.07) is 6.04. The molecule has 6 heteroatoms. The zero-order chi connectivity index (χ0) is 12.2. The average molecular weight is 253 g/mol. The van der Waals surface area contributed by atoms with E-state index in [0.717, 1.165) is 0 Å². The highest BCUT2D eigenvalue weighted by molar-refractivity contribution is 6.30. The third kappa shape index (κ3) is 4.38. The first-order valence-corrected chi connectivity index (χ1v) is 5.08. The Morgan fingerprint density at radius 2 is 1.81 bits per heavy atom. The summed E-state index contributed by atoms with van der Waals surface area (Å²) in [5.74, 6) is 5.22. The molecule has 0 saturated carbocycles. The van der Waals surface area contributed by atoms with Crippen LogP contribution in [-0.4, -0.2) is 6.18 Å². The molecule has 1 aromatic carbocycles. The lowest BCUT2D eigenvalue weighted by atomic mass is 10.0. The molecule has 3 N–H and O–H groups in total. The molecule has 0 aromatic heterocycles. The summed E-state index contributed by atoms with van der Waals surface area (Å²) in [6.45, 7) is 0. The summed E-state index contributed by atoms with van der Waals surface area (Å²) in [5, 5.41) is 0.537. The zero-order valence-electron chi connectivity index (χ0n) is 8.39. The van der Waals surface area contributed by atoms with Gasteiger partial charge in [0.05, 0.1) is 0 Å². The predicted octanol–water partition coefficient (Wildman–Crippen LogP) is 3.19. The van der Waals surface area contributed by atoms with E-state index in [-0.39, 0.29) is 6.42 Å². The molecule has 0 spiro atoms. The van der Waals surface area contributed by atoms with Gasteiger partial charge in [-0.05, 0) is 24.1 Å². The van der Waals surface area contributed by atoms with Gasteiger partial charge in [0, 0.05) is 17.5 Å². The second-order valence-corrected chi connectivity index (χ2v) is 3.86. The first kappa shape index (κ1) is 13.3. The van der Waals surface area contributed by atoms with Crippen LogP contribution in [0.25, 0.3) is 0 Å². The summed E-state index contributed by atoms with van der Waals surface area (Å²) < 4.78 is 36.1. The molecule has 1 rings (SSSR count). The van der Waals surface area contributed by atoms with Crippen LogP contribution < -0.4 is 11.3 Å². The minimum atomic E-state index is -4.17. The molecule has 16 heavy (non-hydrogen) atoms. The van der Waals surface area contributed by atoms with Crippen molar-refractivity contribution in [1.29, 1.82) is 0 Å². The Balaban J connectivity index is 2.64. The van der Waals surface area contributed by atoms with Gasteiger partial charge in [-0.1, -0.05) is 23.7 Å². The second-order valence-electron chi connectivity index (χ2n) is 3.42. The molecule has 0 aliphatic heterocycles. The maximum Gasteiger partial charge on any atom is 0.389 e. The van der Waals surface area contributed by atoms with E-state index in [0.29, 0.717) is 10.6 Å². The van der Waals surface area contributed by atoms with Crippen molar-refractivity contribution in [3.8, 4) is 0 Å². The number of hydrogen-bond acceptors (Lipinski definition) is 2. The molecule has 1 unspecified atom stereocenters. The van der Waals surface area contributed by atoms with Crippen LogP contribution in [-0.2, 0) is 0 Å². The van der Waals surface area contributed by atoms with E-state index in [1.807, 2.05) is 0 Å². The highest BCUT2D eigenvalue weighted by Crippen LogP contribution is 2.27. The quantitative estimate of drug-likeness (QED) is 0.638. The van der Waals surface area contributed by atoms with Crippen molar-refractivity contribution >= 4 is 11.6 Å². The van der Waals surface area contributed by atoms with Gasteiger partial charge in [0.2, 0.25) is 0 Å². The molecule has 2 nitrogen and oxygen atoms in total. The fourth-order valence-electron chi connectivity index (χ4n) is 1.35. The van der Waals surface area contributed by atoms with Gasteiger partial charge in [-0.2, -0.15) is 13.2 Å². The minimum absolute atomic E-state index is 0.0956. The molecule has 0 fully saturated rings. The van der Waals surface area contributed by atoms with Crippen molar-refractivity contribution in [2.45, 2.75) is 25.1 Å². The molecule has 0 amide bonds. The van der Waals surface area contributed by atoms with Crippen molar-refractivity contribution < 1.29 is 13.2 Å². The Hall–Kier alpha value is -0.780. The van der Waals surface area contributed by atoms with Crippen LogP contribution in [0.2, 0.25) is 5.02 Å². The Morgan fingerprint density at radius 1 is 1.25 bits per heavy atom. The number of nitrogens with two attached hydrogens (primary N) is 1. The Labute approximate surface area is 96.6 Å². The lowest BCUT2D eigenvalue weighted by Crippen LogP contribution is -2.29. The molecule has 0 radical (unpaired) electrons. The summed E-state index contributed by atoms with van der Waals surface area (Å²) >= 11 is 5.68. The summed E-state index contributed by atoms with van der Waals surface area (Å²) in [6.07, 6.45) is -5.13. The number of alkyl halides is 3.